The number of ether oxygens (including phenoxy) is 2. The van der Waals surface area contributed by atoms with Crippen molar-refractivity contribution in [2.75, 3.05) is 12.4 Å². The maximum absolute atomic E-state index is 12.6. The Morgan fingerprint density at radius 1 is 1.19 bits per heavy atom. The minimum Gasteiger partial charge on any atom is -0.469 e. The highest BCUT2D eigenvalue weighted by molar-refractivity contribution is 5.83. The van der Waals surface area contributed by atoms with E-state index in [9.17, 15) is 18.0 Å². The maximum atomic E-state index is 12.6. The SMILES string of the molecule is COC(=O)Cc1cc2nc(Nc3ccc(OC(F)(F)F)cc3)n([C@@H]3C[C@H](C)CC[C@@H]3C(C)C)c2cc1C. The third-order valence-electron chi connectivity index (χ3n) is 7.37. The van der Waals surface area contributed by atoms with Crippen molar-refractivity contribution >= 4 is 28.6 Å². The van der Waals surface area contributed by atoms with Gasteiger partial charge in [-0.25, -0.2) is 4.98 Å². The highest BCUT2D eigenvalue weighted by Crippen LogP contribution is 2.44. The molecule has 1 aromatic heterocycles. The smallest absolute Gasteiger partial charge is 0.469 e. The number of aryl methyl sites for hydroxylation is 1. The van der Waals surface area contributed by atoms with E-state index >= 15 is 0 Å². The van der Waals surface area contributed by atoms with Gasteiger partial charge in [0.15, 0.2) is 0 Å². The van der Waals surface area contributed by atoms with Crippen LogP contribution < -0.4 is 10.1 Å². The van der Waals surface area contributed by atoms with Gasteiger partial charge in [-0.2, -0.15) is 0 Å². The molecule has 0 radical (unpaired) electrons. The van der Waals surface area contributed by atoms with Gasteiger partial charge in [-0.15, -0.1) is 13.2 Å². The van der Waals surface area contributed by atoms with Crippen LogP contribution in [0, 0.1) is 24.7 Å². The van der Waals surface area contributed by atoms with Crippen LogP contribution in [-0.2, 0) is 16.0 Å². The third kappa shape index (κ3) is 6.19. The summed E-state index contributed by atoms with van der Waals surface area (Å²) >= 11 is 0. The molecule has 0 amide bonds. The number of benzene rings is 2. The van der Waals surface area contributed by atoms with Crippen LogP contribution in [0.25, 0.3) is 11.0 Å². The van der Waals surface area contributed by atoms with E-state index in [4.69, 9.17) is 9.72 Å². The average molecular weight is 518 g/mol. The number of hydrogen-bond acceptors (Lipinski definition) is 5. The van der Waals surface area contributed by atoms with Gasteiger partial charge in [-0.05, 0) is 85.0 Å². The Morgan fingerprint density at radius 2 is 1.89 bits per heavy atom. The van der Waals surface area contributed by atoms with E-state index in [0.717, 1.165) is 35.0 Å². The molecule has 1 heterocycles. The number of nitrogens with zero attached hydrogens (tertiary/aromatic N) is 2. The van der Waals surface area contributed by atoms with Gasteiger partial charge in [0.2, 0.25) is 5.95 Å². The van der Waals surface area contributed by atoms with Crippen molar-refractivity contribution in [2.45, 2.75) is 65.8 Å². The van der Waals surface area contributed by atoms with Crippen molar-refractivity contribution in [3.05, 3.63) is 47.5 Å². The first-order valence-electron chi connectivity index (χ1n) is 12.7. The molecule has 3 atom stereocenters. The summed E-state index contributed by atoms with van der Waals surface area (Å²) in [6.07, 6.45) is -1.29. The predicted octanol–water partition coefficient (Wildman–Crippen LogP) is 7.34. The number of imidazole rings is 1. The van der Waals surface area contributed by atoms with Crippen LogP contribution in [0.5, 0.6) is 5.75 Å². The molecule has 1 N–H and O–H groups in total. The summed E-state index contributed by atoms with van der Waals surface area (Å²) in [5, 5.41) is 3.34. The Hall–Kier alpha value is -3.23. The van der Waals surface area contributed by atoms with Crippen LogP contribution in [-0.4, -0.2) is 29.0 Å². The van der Waals surface area contributed by atoms with Crippen molar-refractivity contribution < 1.29 is 27.4 Å². The average Bonchev–Trinajstić information content (AvgIpc) is 3.15. The van der Waals surface area contributed by atoms with Gasteiger partial charge >= 0.3 is 12.3 Å². The summed E-state index contributed by atoms with van der Waals surface area (Å²) in [5.41, 5.74) is 4.15. The monoisotopic (exact) mass is 517 g/mol. The molecular formula is C28H34F3N3O3. The van der Waals surface area contributed by atoms with E-state index in [2.05, 4.69) is 41.5 Å². The number of anilines is 2. The minimum absolute atomic E-state index is 0.156. The van der Waals surface area contributed by atoms with Gasteiger partial charge in [0, 0.05) is 11.7 Å². The summed E-state index contributed by atoms with van der Waals surface area (Å²) in [5.74, 6) is 1.51. The summed E-state index contributed by atoms with van der Waals surface area (Å²) in [6, 6.07) is 9.85. The van der Waals surface area contributed by atoms with Crippen molar-refractivity contribution in [3.63, 3.8) is 0 Å². The Kier molecular flexibility index (Phi) is 7.71. The lowest BCUT2D eigenvalue weighted by Gasteiger charge is -2.39. The molecule has 4 rings (SSSR count). The van der Waals surface area contributed by atoms with Crippen LogP contribution in [0.15, 0.2) is 36.4 Å². The third-order valence-corrected chi connectivity index (χ3v) is 7.37. The molecule has 1 saturated carbocycles. The second kappa shape index (κ2) is 10.6. The summed E-state index contributed by atoms with van der Waals surface area (Å²) in [6.45, 7) is 8.75. The molecule has 200 valence electrons. The van der Waals surface area contributed by atoms with Crippen LogP contribution in [0.3, 0.4) is 0 Å². The first kappa shape index (κ1) is 26.8. The van der Waals surface area contributed by atoms with Gasteiger partial charge in [-0.1, -0.05) is 27.2 Å². The zero-order valence-electron chi connectivity index (χ0n) is 21.9. The lowest BCUT2D eigenvalue weighted by Crippen LogP contribution is -2.30. The van der Waals surface area contributed by atoms with Gasteiger partial charge in [-0.3, -0.25) is 4.79 Å². The van der Waals surface area contributed by atoms with Crippen LogP contribution in [0.4, 0.5) is 24.8 Å². The Morgan fingerprint density at radius 3 is 2.51 bits per heavy atom. The molecule has 0 unspecified atom stereocenters. The van der Waals surface area contributed by atoms with Crippen LogP contribution >= 0.6 is 0 Å². The van der Waals surface area contributed by atoms with Crippen LogP contribution in [0.1, 0.15) is 57.2 Å². The van der Waals surface area contributed by atoms with Crippen molar-refractivity contribution in [1.82, 2.24) is 9.55 Å². The van der Waals surface area contributed by atoms with E-state index < -0.39 is 6.36 Å². The Balaban J connectivity index is 1.79. The number of rotatable bonds is 7. The molecule has 9 heteroatoms. The molecule has 1 aliphatic rings. The lowest BCUT2D eigenvalue weighted by atomic mass is 9.74. The molecule has 1 aliphatic carbocycles. The van der Waals surface area contributed by atoms with E-state index in [-0.39, 0.29) is 24.2 Å². The number of alkyl halides is 3. The molecule has 0 bridgehead atoms. The highest BCUT2D eigenvalue weighted by Gasteiger charge is 2.35. The number of aromatic nitrogens is 2. The molecule has 3 aromatic rings. The fourth-order valence-electron chi connectivity index (χ4n) is 5.45. The second-order valence-electron chi connectivity index (χ2n) is 10.4. The van der Waals surface area contributed by atoms with Crippen LogP contribution in [0.2, 0.25) is 0 Å². The van der Waals surface area contributed by atoms with E-state index in [1.165, 1.54) is 25.7 Å². The zero-order valence-corrected chi connectivity index (χ0v) is 21.9. The molecule has 1 fully saturated rings. The summed E-state index contributed by atoms with van der Waals surface area (Å²) in [7, 11) is 1.37. The van der Waals surface area contributed by atoms with Gasteiger partial charge in [0.05, 0.1) is 24.6 Å². The number of hydrogen-bond donors (Lipinski definition) is 1. The van der Waals surface area contributed by atoms with Crippen molar-refractivity contribution in [1.29, 1.82) is 0 Å². The fourth-order valence-corrected chi connectivity index (χ4v) is 5.45. The molecule has 2 aromatic carbocycles. The minimum atomic E-state index is -4.74. The Bertz CT molecular complexity index is 1250. The van der Waals surface area contributed by atoms with Gasteiger partial charge in [0.1, 0.15) is 5.75 Å². The second-order valence-corrected chi connectivity index (χ2v) is 10.4. The van der Waals surface area contributed by atoms with E-state index in [1.54, 1.807) is 12.1 Å². The number of carbonyl (C=O) groups is 1. The number of nitrogens with one attached hydrogen (secondary N) is 1. The topological polar surface area (TPSA) is 65.4 Å². The van der Waals surface area contributed by atoms with Gasteiger partial charge in [0.25, 0.3) is 0 Å². The van der Waals surface area contributed by atoms with Gasteiger partial charge < -0.3 is 19.4 Å². The first-order valence-corrected chi connectivity index (χ1v) is 12.7. The lowest BCUT2D eigenvalue weighted by molar-refractivity contribution is -0.274. The van der Waals surface area contributed by atoms with E-state index in [0.29, 0.717) is 29.4 Å². The summed E-state index contributed by atoms with van der Waals surface area (Å²) in [4.78, 5) is 16.9. The number of esters is 1. The number of carbonyl (C=O) groups excluding carboxylic acids is 1. The number of methoxy groups -OCH3 is 1. The standard InChI is InChI=1S/C28H34F3N3O3/c1-16(2)22-11-6-17(3)12-24(22)34-25-13-18(4)19(15-26(35)36-5)14-23(25)33-27(34)32-20-7-9-21(10-8-20)37-28(29,30)31/h7-10,13-14,16-17,22,24H,6,11-12,15H2,1-5H3,(H,32,33)/t17-,22-,24-/m1/s1. The number of halogens is 3. The molecule has 0 aliphatic heterocycles. The Labute approximate surface area is 215 Å². The zero-order chi connectivity index (χ0) is 26.9. The molecular weight excluding hydrogens is 483 g/mol. The quantitative estimate of drug-likeness (QED) is 0.332. The largest absolute Gasteiger partial charge is 0.573 e. The molecule has 0 spiro atoms. The van der Waals surface area contributed by atoms with E-state index in [1.807, 2.05) is 13.0 Å². The number of fused-ring (bicyclic) bond motifs is 1. The first-order chi connectivity index (χ1) is 17.4. The highest BCUT2D eigenvalue weighted by atomic mass is 19.4. The van der Waals surface area contributed by atoms with Crippen molar-refractivity contribution in [3.8, 4) is 5.75 Å². The molecule has 0 saturated heterocycles. The maximum Gasteiger partial charge on any atom is 0.573 e. The molecule has 6 nitrogen and oxygen atoms in total. The summed E-state index contributed by atoms with van der Waals surface area (Å²) < 4.78 is 48.9. The fraction of sp³-hybridized carbons (Fsp3) is 0.500. The molecule has 37 heavy (non-hydrogen) atoms. The van der Waals surface area contributed by atoms with Crippen molar-refractivity contribution in [2.24, 2.45) is 17.8 Å². The normalized spacial score (nSPS) is 20.3. The predicted molar refractivity (Wildman–Crippen MR) is 137 cm³/mol.